The van der Waals surface area contributed by atoms with E-state index < -0.39 is 65.5 Å². The maximum atomic E-state index is 14.3. The largest absolute Gasteiger partial charge is 0.497 e. The minimum atomic E-state index is -4.46. The van der Waals surface area contributed by atoms with E-state index in [-0.39, 0.29) is 41.1 Å². The van der Waals surface area contributed by atoms with Crippen LogP contribution in [0.15, 0.2) is 47.4 Å². The second kappa shape index (κ2) is 17.2. The molecule has 11 nitrogen and oxygen atoms in total. The number of carbonyl (C=O) groups is 2. The Morgan fingerprint density at radius 3 is 2.48 bits per heavy atom. The lowest BCUT2D eigenvalue weighted by Gasteiger charge is -2.36. The molecule has 2 aromatic carbocycles. The number of hydrogen-bond acceptors (Lipinski definition) is 8. The molecule has 0 unspecified atom stereocenters. The lowest BCUT2D eigenvalue weighted by Crippen LogP contribution is -2.48. The molecule has 0 radical (unpaired) electrons. The average molecular weight is 702 g/mol. The third-order valence-electron chi connectivity index (χ3n) is 8.18. The summed E-state index contributed by atoms with van der Waals surface area (Å²) in [6, 6.07) is 9.54. The third-order valence-corrected chi connectivity index (χ3v) is 9.57. The van der Waals surface area contributed by atoms with Crippen molar-refractivity contribution in [2.24, 2.45) is 5.92 Å². The van der Waals surface area contributed by atoms with E-state index in [1.165, 1.54) is 66.4 Å². The van der Waals surface area contributed by atoms with Gasteiger partial charge < -0.3 is 29.1 Å². The van der Waals surface area contributed by atoms with E-state index in [2.05, 4.69) is 4.72 Å². The van der Waals surface area contributed by atoms with Crippen LogP contribution in [0, 0.1) is 5.92 Å². The molecule has 0 spiro atoms. The molecule has 2 amide bonds. The summed E-state index contributed by atoms with van der Waals surface area (Å²) in [6.07, 6.45) is -5.37. The van der Waals surface area contributed by atoms with Gasteiger partial charge in [-0.05, 0) is 75.6 Å². The van der Waals surface area contributed by atoms with Crippen LogP contribution in [0.3, 0.4) is 0 Å². The van der Waals surface area contributed by atoms with Crippen molar-refractivity contribution >= 4 is 27.5 Å². The summed E-state index contributed by atoms with van der Waals surface area (Å²) in [6.45, 7) is 5.28. The molecule has 1 aliphatic heterocycles. The molecule has 48 heavy (non-hydrogen) atoms. The summed E-state index contributed by atoms with van der Waals surface area (Å²) in [5.41, 5.74) is 0.179. The molecule has 0 bridgehead atoms. The number of sulfonamides is 1. The summed E-state index contributed by atoms with van der Waals surface area (Å²) >= 11 is 0. The predicted molar refractivity (Wildman–Crippen MR) is 174 cm³/mol. The SMILES string of the molecule is COc1ccc(S(=O)(=O)Nc2ccc3c(c2)C(=O)N([C@H](C)CO)C[C@H](C)[C@H](CN(C)C(=O)CCC(F)(F)F)OCCCC[C@@H](C)O3)cc1. The van der Waals surface area contributed by atoms with Crippen molar-refractivity contribution in [3.63, 3.8) is 0 Å². The van der Waals surface area contributed by atoms with Crippen LogP contribution in [0.5, 0.6) is 11.5 Å². The number of rotatable bonds is 10. The van der Waals surface area contributed by atoms with Gasteiger partial charge in [-0.15, -0.1) is 0 Å². The van der Waals surface area contributed by atoms with Crippen molar-refractivity contribution in [3.8, 4) is 11.5 Å². The number of halogens is 3. The van der Waals surface area contributed by atoms with E-state index in [0.29, 0.717) is 31.6 Å². The molecular weight excluding hydrogens is 655 g/mol. The molecule has 2 aromatic rings. The number of ether oxygens (including phenoxy) is 3. The Hall–Kier alpha value is -3.56. The molecule has 3 rings (SSSR count). The van der Waals surface area contributed by atoms with Gasteiger partial charge in [-0.2, -0.15) is 13.2 Å². The highest BCUT2D eigenvalue weighted by Crippen LogP contribution is 2.30. The highest BCUT2D eigenvalue weighted by molar-refractivity contribution is 7.92. The number of anilines is 1. The Morgan fingerprint density at radius 2 is 1.85 bits per heavy atom. The van der Waals surface area contributed by atoms with Gasteiger partial charge in [0, 0.05) is 44.8 Å². The number of carbonyl (C=O) groups excluding carboxylic acids is 2. The first-order valence-corrected chi connectivity index (χ1v) is 17.3. The van der Waals surface area contributed by atoms with E-state index in [4.69, 9.17) is 14.2 Å². The van der Waals surface area contributed by atoms with Crippen LogP contribution in [0.1, 0.15) is 63.2 Å². The van der Waals surface area contributed by atoms with Crippen LogP contribution >= 0.6 is 0 Å². The Kier molecular flexibility index (Phi) is 13.9. The first-order valence-electron chi connectivity index (χ1n) is 15.9. The predicted octanol–water partition coefficient (Wildman–Crippen LogP) is 5.09. The minimum absolute atomic E-state index is 0.000776. The molecule has 0 saturated heterocycles. The van der Waals surface area contributed by atoms with E-state index in [1.807, 2.05) is 6.92 Å². The average Bonchev–Trinajstić information content (AvgIpc) is 3.04. The topological polar surface area (TPSA) is 135 Å². The molecule has 4 atom stereocenters. The van der Waals surface area contributed by atoms with Crippen molar-refractivity contribution < 1.29 is 50.5 Å². The second-order valence-corrected chi connectivity index (χ2v) is 13.9. The standard InChI is InChI=1S/C33H46F3N3O8S/c1-22-19-39(23(2)21-40)32(42)28-18-25(37-48(43,44)27-12-10-26(45-5)11-13-27)9-14-29(28)47-24(3)8-6-7-17-46-30(22)20-38(4)31(41)15-16-33(34,35)36/h9-14,18,22-24,30,37,40H,6-8,15-17,19-21H2,1-5H3/t22-,23+,24+,30-/m0/s1. The van der Waals surface area contributed by atoms with E-state index in [0.717, 1.165) is 0 Å². The van der Waals surface area contributed by atoms with Crippen LogP contribution in [0.4, 0.5) is 18.9 Å². The molecule has 0 aromatic heterocycles. The van der Waals surface area contributed by atoms with Crippen molar-refractivity contribution in [1.29, 1.82) is 0 Å². The van der Waals surface area contributed by atoms with Gasteiger partial charge in [0.25, 0.3) is 15.9 Å². The maximum Gasteiger partial charge on any atom is 0.389 e. The molecule has 268 valence electrons. The molecule has 2 N–H and O–H groups in total. The van der Waals surface area contributed by atoms with Gasteiger partial charge in [0.15, 0.2) is 0 Å². The number of methoxy groups -OCH3 is 1. The fourth-order valence-electron chi connectivity index (χ4n) is 5.23. The number of likely N-dealkylation sites (N-methyl/N-ethyl adjacent to an activating group) is 1. The first-order chi connectivity index (χ1) is 22.5. The van der Waals surface area contributed by atoms with Gasteiger partial charge in [0.1, 0.15) is 11.5 Å². The van der Waals surface area contributed by atoms with E-state index in [9.17, 15) is 36.3 Å². The van der Waals surface area contributed by atoms with Crippen LogP contribution in [-0.2, 0) is 19.6 Å². The number of aliphatic hydroxyl groups excluding tert-OH is 1. The van der Waals surface area contributed by atoms with E-state index in [1.54, 1.807) is 13.8 Å². The number of hydrogen-bond donors (Lipinski definition) is 2. The fraction of sp³-hybridized carbons (Fsp3) is 0.576. The quantitative estimate of drug-likeness (QED) is 0.350. The molecule has 1 heterocycles. The lowest BCUT2D eigenvalue weighted by atomic mass is 10.0. The highest BCUT2D eigenvalue weighted by Gasteiger charge is 2.32. The van der Waals surface area contributed by atoms with Crippen LogP contribution in [-0.4, -0.2) is 100 Å². The smallest absolute Gasteiger partial charge is 0.389 e. The van der Waals surface area contributed by atoms with Crippen LogP contribution < -0.4 is 14.2 Å². The molecule has 0 saturated carbocycles. The monoisotopic (exact) mass is 701 g/mol. The number of benzene rings is 2. The van der Waals surface area contributed by atoms with Gasteiger partial charge >= 0.3 is 6.18 Å². The van der Waals surface area contributed by atoms with Gasteiger partial charge in [0.2, 0.25) is 5.91 Å². The molecule has 1 aliphatic rings. The minimum Gasteiger partial charge on any atom is -0.497 e. The van der Waals surface area contributed by atoms with Gasteiger partial charge in [-0.3, -0.25) is 14.3 Å². The second-order valence-electron chi connectivity index (χ2n) is 12.2. The first kappa shape index (κ1) is 38.9. The number of amides is 2. The summed E-state index contributed by atoms with van der Waals surface area (Å²) in [7, 11) is -1.16. The van der Waals surface area contributed by atoms with Crippen molar-refractivity contribution in [2.75, 3.05) is 45.2 Å². The normalized spacial score (nSPS) is 20.6. The van der Waals surface area contributed by atoms with Crippen molar-refractivity contribution in [1.82, 2.24) is 9.80 Å². The Balaban J connectivity index is 1.95. The van der Waals surface area contributed by atoms with Crippen molar-refractivity contribution in [2.45, 2.75) is 82.2 Å². The zero-order valence-electron chi connectivity index (χ0n) is 28.0. The summed E-state index contributed by atoms with van der Waals surface area (Å²) < 4.78 is 84.6. The van der Waals surface area contributed by atoms with Crippen LogP contribution in [0.25, 0.3) is 0 Å². The Bertz CT molecular complexity index is 1470. The summed E-state index contributed by atoms with van der Waals surface area (Å²) in [5.74, 6) is -0.923. The number of alkyl halides is 3. The fourth-order valence-corrected chi connectivity index (χ4v) is 6.28. The van der Waals surface area contributed by atoms with Gasteiger partial charge in [-0.25, -0.2) is 8.42 Å². The molecule has 0 fully saturated rings. The van der Waals surface area contributed by atoms with Crippen molar-refractivity contribution in [3.05, 3.63) is 48.0 Å². The lowest BCUT2D eigenvalue weighted by molar-refractivity contribution is -0.149. The Labute approximate surface area is 280 Å². The highest BCUT2D eigenvalue weighted by atomic mass is 32.2. The summed E-state index contributed by atoms with van der Waals surface area (Å²) in [4.78, 5) is 29.4. The zero-order chi connectivity index (χ0) is 35.6. The number of aliphatic hydroxyl groups is 1. The number of fused-ring (bicyclic) bond motifs is 1. The van der Waals surface area contributed by atoms with Gasteiger partial charge in [0.05, 0.1) is 48.8 Å². The van der Waals surface area contributed by atoms with Crippen LogP contribution in [0.2, 0.25) is 0 Å². The maximum absolute atomic E-state index is 14.3. The summed E-state index contributed by atoms with van der Waals surface area (Å²) in [5, 5.41) is 10.1. The van der Waals surface area contributed by atoms with E-state index >= 15 is 0 Å². The molecule has 0 aliphatic carbocycles. The Morgan fingerprint density at radius 1 is 1.17 bits per heavy atom. The molecule has 15 heteroatoms. The number of nitrogens with zero attached hydrogens (tertiary/aromatic N) is 2. The number of nitrogens with one attached hydrogen (secondary N) is 1. The zero-order valence-corrected chi connectivity index (χ0v) is 28.8. The third kappa shape index (κ3) is 11.3. The molecular formula is C33H46F3N3O8S. The van der Waals surface area contributed by atoms with Gasteiger partial charge in [-0.1, -0.05) is 6.92 Å².